The summed E-state index contributed by atoms with van der Waals surface area (Å²) < 4.78 is 0. The Hall–Kier alpha value is -1.26. The van der Waals surface area contributed by atoms with Crippen LogP contribution < -0.4 is 5.32 Å². The Balaban J connectivity index is 4.25. The molecule has 0 bridgehead atoms. The molecule has 17 heavy (non-hydrogen) atoms. The highest BCUT2D eigenvalue weighted by Crippen LogP contribution is 2.04. The van der Waals surface area contributed by atoms with Crippen molar-refractivity contribution in [1.82, 2.24) is 10.2 Å². The summed E-state index contributed by atoms with van der Waals surface area (Å²) in [5.74, 6) is -0.558. The standard InChI is InChI=1S/C12H24N2O3/c1-5-7-10(11(15)16)13-12(17)14(4)8-9(3)6-2/h9-10H,5-8H2,1-4H3,(H,13,17)(H,15,16). The predicted molar refractivity (Wildman–Crippen MR) is 66.9 cm³/mol. The van der Waals surface area contributed by atoms with Gasteiger partial charge in [0.15, 0.2) is 0 Å². The van der Waals surface area contributed by atoms with Gasteiger partial charge in [0.25, 0.3) is 0 Å². The number of rotatable bonds is 7. The molecule has 0 heterocycles. The van der Waals surface area contributed by atoms with E-state index in [2.05, 4.69) is 19.2 Å². The van der Waals surface area contributed by atoms with Crippen molar-refractivity contribution in [3.63, 3.8) is 0 Å². The van der Waals surface area contributed by atoms with Gasteiger partial charge >= 0.3 is 12.0 Å². The van der Waals surface area contributed by atoms with Crippen LogP contribution in [0.3, 0.4) is 0 Å². The Morgan fingerprint density at radius 3 is 2.35 bits per heavy atom. The molecule has 0 aliphatic rings. The zero-order valence-corrected chi connectivity index (χ0v) is 11.2. The summed E-state index contributed by atoms with van der Waals surface area (Å²) in [5.41, 5.74) is 0. The molecule has 0 radical (unpaired) electrons. The summed E-state index contributed by atoms with van der Waals surface area (Å²) in [4.78, 5) is 24.2. The van der Waals surface area contributed by atoms with E-state index in [1.165, 1.54) is 0 Å². The summed E-state index contributed by atoms with van der Waals surface area (Å²) in [6, 6.07) is -1.10. The van der Waals surface area contributed by atoms with Gasteiger partial charge in [-0.05, 0) is 12.3 Å². The monoisotopic (exact) mass is 244 g/mol. The van der Waals surface area contributed by atoms with E-state index in [-0.39, 0.29) is 6.03 Å². The fourth-order valence-corrected chi connectivity index (χ4v) is 1.48. The van der Waals surface area contributed by atoms with Gasteiger partial charge in [-0.1, -0.05) is 33.6 Å². The SMILES string of the molecule is CCCC(NC(=O)N(C)CC(C)CC)C(=O)O. The number of nitrogens with zero attached hydrogens (tertiary/aromatic N) is 1. The van der Waals surface area contributed by atoms with Crippen LogP contribution in [0, 0.1) is 5.92 Å². The van der Waals surface area contributed by atoms with Gasteiger partial charge in [-0.3, -0.25) is 0 Å². The second-order valence-electron chi connectivity index (χ2n) is 4.52. The molecule has 0 saturated carbocycles. The predicted octanol–water partition coefficient (Wildman–Crippen LogP) is 1.93. The van der Waals surface area contributed by atoms with Crippen LogP contribution in [0.1, 0.15) is 40.0 Å². The minimum absolute atomic E-state index is 0.314. The topological polar surface area (TPSA) is 69.6 Å². The fourth-order valence-electron chi connectivity index (χ4n) is 1.48. The van der Waals surface area contributed by atoms with Crippen molar-refractivity contribution in [2.75, 3.05) is 13.6 Å². The number of aliphatic carboxylic acids is 1. The third-order valence-corrected chi connectivity index (χ3v) is 2.80. The van der Waals surface area contributed by atoms with Crippen LogP contribution in [-0.2, 0) is 4.79 Å². The number of carboxylic acid groups (broad SMARTS) is 1. The highest BCUT2D eigenvalue weighted by molar-refractivity contribution is 5.82. The van der Waals surface area contributed by atoms with E-state index in [0.29, 0.717) is 18.9 Å². The summed E-state index contributed by atoms with van der Waals surface area (Å²) >= 11 is 0. The van der Waals surface area contributed by atoms with Crippen molar-refractivity contribution in [2.45, 2.75) is 46.1 Å². The van der Waals surface area contributed by atoms with Gasteiger partial charge in [-0.2, -0.15) is 0 Å². The average molecular weight is 244 g/mol. The number of amides is 2. The summed E-state index contributed by atoms with van der Waals surface area (Å²) in [5, 5.41) is 11.5. The number of hydrogen-bond acceptors (Lipinski definition) is 2. The van der Waals surface area contributed by atoms with E-state index in [0.717, 1.165) is 12.8 Å². The number of urea groups is 1. The zero-order valence-electron chi connectivity index (χ0n) is 11.2. The highest BCUT2D eigenvalue weighted by atomic mass is 16.4. The van der Waals surface area contributed by atoms with E-state index < -0.39 is 12.0 Å². The molecule has 0 saturated heterocycles. The van der Waals surface area contributed by atoms with E-state index in [1.807, 2.05) is 6.92 Å². The Labute approximate surface area is 103 Å². The summed E-state index contributed by atoms with van der Waals surface area (Å²) in [6.45, 7) is 6.66. The van der Waals surface area contributed by atoms with Gasteiger partial charge in [0.2, 0.25) is 0 Å². The van der Waals surface area contributed by atoms with Crippen LogP contribution >= 0.6 is 0 Å². The van der Waals surface area contributed by atoms with Crippen LogP contribution in [0.25, 0.3) is 0 Å². The molecule has 2 atom stereocenters. The molecule has 5 heteroatoms. The van der Waals surface area contributed by atoms with Crippen LogP contribution in [0.15, 0.2) is 0 Å². The third-order valence-electron chi connectivity index (χ3n) is 2.80. The Bertz CT molecular complexity index is 256. The van der Waals surface area contributed by atoms with Crippen molar-refractivity contribution < 1.29 is 14.7 Å². The fraction of sp³-hybridized carbons (Fsp3) is 0.833. The first-order valence-electron chi connectivity index (χ1n) is 6.16. The highest BCUT2D eigenvalue weighted by Gasteiger charge is 2.21. The molecule has 5 nitrogen and oxygen atoms in total. The number of hydrogen-bond donors (Lipinski definition) is 2. The second-order valence-corrected chi connectivity index (χ2v) is 4.52. The molecule has 0 aliphatic carbocycles. The molecule has 0 spiro atoms. The van der Waals surface area contributed by atoms with Gasteiger partial charge in [-0.15, -0.1) is 0 Å². The Kier molecular flexibility index (Phi) is 7.34. The van der Waals surface area contributed by atoms with Gasteiger partial charge in [0.1, 0.15) is 6.04 Å². The lowest BCUT2D eigenvalue weighted by atomic mass is 10.1. The second kappa shape index (κ2) is 7.92. The Morgan fingerprint density at radius 2 is 1.94 bits per heavy atom. The van der Waals surface area contributed by atoms with Crippen LogP contribution in [0.4, 0.5) is 4.79 Å². The molecule has 2 amide bonds. The summed E-state index contributed by atoms with van der Waals surface area (Å²) in [6.07, 6.45) is 2.18. The number of carbonyl (C=O) groups is 2. The largest absolute Gasteiger partial charge is 0.480 e. The van der Waals surface area contributed by atoms with E-state index in [9.17, 15) is 9.59 Å². The van der Waals surface area contributed by atoms with Crippen molar-refractivity contribution >= 4 is 12.0 Å². The van der Waals surface area contributed by atoms with Crippen molar-refractivity contribution in [2.24, 2.45) is 5.92 Å². The molecular weight excluding hydrogens is 220 g/mol. The van der Waals surface area contributed by atoms with Crippen molar-refractivity contribution in [1.29, 1.82) is 0 Å². The van der Waals surface area contributed by atoms with E-state index in [4.69, 9.17) is 5.11 Å². The lowest BCUT2D eigenvalue weighted by Crippen LogP contribution is -2.47. The van der Waals surface area contributed by atoms with Gasteiger partial charge in [-0.25, -0.2) is 9.59 Å². The van der Waals surface area contributed by atoms with Crippen LogP contribution in [0.2, 0.25) is 0 Å². The van der Waals surface area contributed by atoms with Crippen LogP contribution in [0.5, 0.6) is 0 Å². The van der Waals surface area contributed by atoms with Gasteiger partial charge in [0.05, 0.1) is 0 Å². The molecule has 0 rings (SSSR count). The Morgan fingerprint density at radius 1 is 1.35 bits per heavy atom. The molecule has 0 aliphatic heterocycles. The average Bonchev–Trinajstić information content (AvgIpc) is 2.27. The molecule has 2 N–H and O–H groups in total. The molecule has 0 aromatic rings. The van der Waals surface area contributed by atoms with Crippen LogP contribution in [-0.4, -0.2) is 41.6 Å². The minimum Gasteiger partial charge on any atom is -0.480 e. The third kappa shape index (κ3) is 6.14. The summed E-state index contributed by atoms with van der Waals surface area (Å²) in [7, 11) is 1.69. The normalized spacial score (nSPS) is 13.9. The molecule has 2 unspecified atom stereocenters. The molecular formula is C12H24N2O3. The van der Waals surface area contributed by atoms with E-state index >= 15 is 0 Å². The maximum absolute atomic E-state index is 11.7. The molecule has 0 fully saturated rings. The van der Waals surface area contributed by atoms with E-state index in [1.54, 1.807) is 11.9 Å². The first-order valence-corrected chi connectivity index (χ1v) is 6.16. The molecule has 100 valence electrons. The first kappa shape index (κ1) is 15.7. The minimum atomic E-state index is -0.975. The lowest BCUT2D eigenvalue weighted by molar-refractivity contribution is -0.139. The quantitative estimate of drug-likeness (QED) is 0.719. The smallest absolute Gasteiger partial charge is 0.326 e. The zero-order chi connectivity index (χ0) is 13.4. The number of nitrogens with one attached hydrogen (secondary N) is 1. The first-order chi connectivity index (χ1) is 7.92. The van der Waals surface area contributed by atoms with Gasteiger partial charge < -0.3 is 15.3 Å². The lowest BCUT2D eigenvalue weighted by Gasteiger charge is -2.23. The van der Waals surface area contributed by atoms with Gasteiger partial charge in [0, 0.05) is 13.6 Å². The maximum atomic E-state index is 11.7. The molecule has 0 aromatic carbocycles. The maximum Gasteiger partial charge on any atom is 0.326 e. The number of carbonyl (C=O) groups excluding carboxylic acids is 1. The molecule has 0 aromatic heterocycles. The van der Waals surface area contributed by atoms with Crippen molar-refractivity contribution in [3.05, 3.63) is 0 Å². The number of carboxylic acids is 1. The van der Waals surface area contributed by atoms with Crippen molar-refractivity contribution in [3.8, 4) is 0 Å².